The molecule has 0 bridgehead atoms. The molecule has 0 saturated carbocycles. The van der Waals surface area contributed by atoms with Crippen LogP contribution in [0.1, 0.15) is 98.8 Å². The van der Waals surface area contributed by atoms with Crippen molar-refractivity contribution in [2.75, 3.05) is 20.3 Å². The second-order valence-corrected chi connectivity index (χ2v) is 11.2. The first-order chi connectivity index (χ1) is 17.8. The van der Waals surface area contributed by atoms with Crippen molar-refractivity contribution in [3.63, 3.8) is 0 Å². The van der Waals surface area contributed by atoms with E-state index in [9.17, 15) is 29.7 Å². The van der Waals surface area contributed by atoms with E-state index in [4.69, 9.17) is 9.47 Å². The normalized spacial score (nSPS) is 16.0. The zero-order valence-corrected chi connectivity index (χ0v) is 24.4. The minimum atomic E-state index is -1.68. The van der Waals surface area contributed by atoms with Gasteiger partial charge < -0.3 is 30.1 Å². The van der Waals surface area contributed by atoms with Crippen molar-refractivity contribution in [3.8, 4) is 0 Å². The molecule has 0 radical (unpaired) electrons. The maximum absolute atomic E-state index is 12.7. The standard InChI is InChI=1S/C29H53NO8/c1-7-8-9-10-11-12-13-14-15-24(33)38-19-18-30-28(36)21(2)20-23(32)27(37-6)26(35)25(34)22(31)16-17-29(3,4)5/h16-17,21-22,25-27,31,34-35H,7-15,18-20H2,1-6H3,(H,30,36)/b17-16+/t21-,22-,25+,26-,27+/m1/s1. The smallest absolute Gasteiger partial charge is 0.305 e. The zero-order chi connectivity index (χ0) is 29.1. The van der Waals surface area contributed by atoms with Crippen LogP contribution in [-0.2, 0) is 23.9 Å². The number of hydrogen-bond acceptors (Lipinski definition) is 8. The number of carbonyl (C=O) groups is 3. The van der Waals surface area contributed by atoms with Gasteiger partial charge in [-0.25, -0.2) is 0 Å². The van der Waals surface area contributed by atoms with Crippen LogP contribution in [0.4, 0.5) is 0 Å². The number of amides is 1. The molecule has 38 heavy (non-hydrogen) atoms. The summed E-state index contributed by atoms with van der Waals surface area (Å²) in [5.41, 5.74) is -0.240. The van der Waals surface area contributed by atoms with Gasteiger partial charge in [0.2, 0.25) is 5.91 Å². The van der Waals surface area contributed by atoms with Crippen LogP contribution in [0.15, 0.2) is 12.2 Å². The number of aliphatic hydroxyl groups excluding tert-OH is 3. The topological polar surface area (TPSA) is 142 Å². The van der Waals surface area contributed by atoms with Crippen molar-refractivity contribution in [1.29, 1.82) is 0 Å². The second kappa shape index (κ2) is 20.1. The predicted octanol–water partition coefficient (Wildman–Crippen LogP) is 3.47. The summed E-state index contributed by atoms with van der Waals surface area (Å²) in [6.07, 6.45) is 6.20. The summed E-state index contributed by atoms with van der Waals surface area (Å²) in [6.45, 7) is 9.66. The zero-order valence-electron chi connectivity index (χ0n) is 24.4. The van der Waals surface area contributed by atoms with E-state index in [-0.39, 0.29) is 31.0 Å². The molecular formula is C29H53NO8. The van der Waals surface area contributed by atoms with E-state index < -0.39 is 42.0 Å². The quantitative estimate of drug-likeness (QED) is 0.0979. The molecule has 0 saturated heterocycles. The van der Waals surface area contributed by atoms with Gasteiger partial charge in [-0.15, -0.1) is 0 Å². The van der Waals surface area contributed by atoms with E-state index in [0.29, 0.717) is 6.42 Å². The van der Waals surface area contributed by atoms with Gasteiger partial charge in [-0.2, -0.15) is 0 Å². The highest BCUT2D eigenvalue weighted by atomic mass is 16.5. The van der Waals surface area contributed by atoms with Crippen molar-refractivity contribution < 1.29 is 39.2 Å². The van der Waals surface area contributed by atoms with Gasteiger partial charge in [-0.3, -0.25) is 14.4 Å². The van der Waals surface area contributed by atoms with E-state index in [0.717, 1.165) is 19.3 Å². The van der Waals surface area contributed by atoms with E-state index >= 15 is 0 Å². The molecule has 9 nitrogen and oxygen atoms in total. The monoisotopic (exact) mass is 543 g/mol. The average molecular weight is 544 g/mol. The Labute approximate surface area is 229 Å². The number of carbonyl (C=O) groups excluding carboxylic acids is 3. The van der Waals surface area contributed by atoms with Crippen LogP contribution >= 0.6 is 0 Å². The summed E-state index contributed by atoms with van der Waals surface area (Å²) in [5.74, 6) is -2.01. The molecule has 5 atom stereocenters. The van der Waals surface area contributed by atoms with Gasteiger partial charge in [0, 0.05) is 25.9 Å². The number of nitrogens with one attached hydrogen (secondary N) is 1. The fourth-order valence-electron chi connectivity index (χ4n) is 3.84. The Bertz CT molecular complexity index is 703. The summed E-state index contributed by atoms with van der Waals surface area (Å²) in [5, 5.41) is 33.5. The second-order valence-electron chi connectivity index (χ2n) is 11.2. The van der Waals surface area contributed by atoms with Crippen LogP contribution in [0.25, 0.3) is 0 Å². The highest BCUT2D eigenvalue weighted by Crippen LogP contribution is 2.18. The lowest BCUT2D eigenvalue weighted by atomic mass is 9.92. The Morgan fingerprint density at radius 3 is 2.05 bits per heavy atom. The van der Waals surface area contributed by atoms with Crippen LogP contribution in [0, 0.1) is 11.3 Å². The number of ether oxygens (including phenoxy) is 2. The molecule has 0 aliphatic rings. The van der Waals surface area contributed by atoms with E-state index in [1.807, 2.05) is 20.8 Å². The molecule has 1 amide bonds. The number of unbranched alkanes of at least 4 members (excludes halogenated alkanes) is 7. The van der Waals surface area contributed by atoms with E-state index in [2.05, 4.69) is 12.2 Å². The molecule has 4 N–H and O–H groups in total. The van der Waals surface area contributed by atoms with Crippen LogP contribution in [0.2, 0.25) is 0 Å². The van der Waals surface area contributed by atoms with E-state index in [1.165, 1.54) is 45.3 Å². The van der Waals surface area contributed by atoms with Gasteiger partial charge in [0.05, 0.1) is 6.54 Å². The van der Waals surface area contributed by atoms with Crippen molar-refractivity contribution in [2.24, 2.45) is 11.3 Å². The third-order valence-electron chi connectivity index (χ3n) is 6.23. The van der Waals surface area contributed by atoms with Gasteiger partial charge in [-0.1, -0.05) is 91.7 Å². The summed E-state index contributed by atoms with van der Waals surface area (Å²) in [7, 11) is 1.21. The summed E-state index contributed by atoms with van der Waals surface area (Å²) >= 11 is 0. The summed E-state index contributed by atoms with van der Waals surface area (Å²) in [4.78, 5) is 36.9. The molecule has 9 heteroatoms. The van der Waals surface area contributed by atoms with Gasteiger partial charge in [-0.05, 0) is 11.8 Å². The summed E-state index contributed by atoms with van der Waals surface area (Å²) in [6, 6.07) is 0. The average Bonchev–Trinajstić information content (AvgIpc) is 2.85. The number of rotatable bonds is 21. The molecule has 0 aliphatic heterocycles. The molecule has 0 aromatic heterocycles. The van der Waals surface area contributed by atoms with Crippen molar-refractivity contribution in [1.82, 2.24) is 5.32 Å². The van der Waals surface area contributed by atoms with E-state index in [1.54, 1.807) is 13.0 Å². The predicted molar refractivity (Wildman–Crippen MR) is 147 cm³/mol. The molecule has 222 valence electrons. The summed E-state index contributed by atoms with van der Waals surface area (Å²) < 4.78 is 10.2. The number of methoxy groups -OCH3 is 1. The number of ketones is 1. The lowest BCUT2D eigenvalue weighted by molar-refractivity contribution is -0.149. The first kappa shape index (κ1) is 36.2. The number of hydrogen-bond donors (Lipinski definition) is 4. The number of aliphatic hydroxyl groups is 3. The Morgan fingerprint density at radius 1 is 0.921 bits per heavy atom. The Hall–Kier alpha value is -1.81. The third-order valence-corrected chi connectivity index (χ3v) is 6.23. The molecule has 0 rings (SSSR count). The molecule has 0 fully saturated rings. The largest absolute Gasteiger partial charge is 0.464 e. The maximum Gasteiger partial charge on any atom is 0.305 e. The van der Waals surface area contributed by atoms with Gasteiger partial charge >= 0.3 is 5.97 Å². The van der Waals surface area contributed by atoms with Crippen molar-refractivity contribution in [2.45, 2.75) is 123 Å². The van der Waals surface area contributed by atoms with Crippen LogP contribution in [0.5, 0.6) is 0 Å². The van der Waals surface area contributed by atoms with Gasteiger partial charge in [0.25, 0.3) is 0 Å². The SMILES string of the molecule is CCCCCCCCCCC(=O)OCCNC(=O)[C@H](C)CC(=O)[C@H](OC)[C@H](O)[C@@H](O)[C@H](O)/C=C/C(C)(C)C. The van der Waals surface area contributed by atoms with Crippen LogP contribution in [-0.4, -0.2) is 77.7 Å². The molecule has 0 heterocycles. The Balaban J connectivity index is 4.33. The van der Waals surface area contributed by atoms with Crippen molar-refractivity contribution in [3.05, 3.63) is 12.2 Å². The minimum absolute atomic E-state index is 0.0494. The fourth-order valence-corrected chi connectivity index (χ4v) is 3.84. The molecule has 0 spiro atoms. The lowest BCUT2D eigenvalue weighted by Gasteiger charge is -2.27. The molecule has 0 unspecified atom stereocenters. The minimum Gasteiger partial charge on any atom is -0.464 e. The number of allylic oxidation sites excluding steroid dienone is 1. The molecule has 0 aromatic carbocycles. The first-order valence-electron chi connectivity index (χ1n) is 14.1. The molecule has 0 aromatic rings. The van der Waals surface area contributed by atoms with Crippen LogP contribution in [0.3, 0.4) is 0 Å². The highest BCUT2D eigenvalue weighted by Gasteiger charge is 2.36. The Morgan fingerprint density at radius 2 is 1.50 bits per heavy atom. The fraction of sp³-hybridized carbons (Fsp3) is 0.828. The Kier molecular flexibility index (Phi) is 19.2. The lowest BCUT2D eigenvalue weighted by Crippen LogP contribution is -2.48. The highest BCUT2D eigenvalue weighted by molar-refractivity contribution is 5.89. The number of esters is 1. The van der Waals surface area contributed by atoms with Gasteiger partial charge in [0.15, 0.2) is 5.78 Å². The first-order valence-corrected chi connectivity index (χ1v) is 14.1. The van der Waals surface area contributed by atoms with Crippen molar-refractivity contribution >= 4 is 17.7 Å². The maximum atomic E-state index is 12.7. The molecular weight excluding hydrogens is 490 g/mol. The van der Waals surface area contributed by atoms with Gasteiger partial charge in [0.1, 0.15) is 31.0 Å². The van der Waals surface area contributed by atoms with Crippen LogP contribution < -0.4 is 5.32 Å². The molecule has 0 aliphatic carbocycles. The number of Topliss-reactive ketones (excluding diaryl/α,β-unsaturated/α-hetero) is 1. The third kappa shape index (κ3) is 16.9.